The lowest BCUT2D eigenvalue weighted by molar-refractivity contribution is 0.135. The zero-order valence-electron chi connectivity index (χ0n) is 9.34. The monoisotopic (exact) mass is 187 g/mol. The van der Waals surface area contributed by atoms with Crippen LogP contribution in [0.15, 0.2) is 0 Å². The third-order valence-electron chi connectivity index (χ3n) is 2.21. The zero-order chi connectivity index (χ0) is 10.3. The Labute approximate surface area is 82.5 Å². The molecule has 0 fully saturated rings. The van der Waals surface area contributed by atoms with Gasteiger partial charge in [-0.1, -0.05) is 0 Å². The van der Waals surface area contributed by atoms with E-state index < -0.39 is 0 Å². The maximum atomic E-state index is 5.50. The first-order valence-corrected chi connectivity index (χ1v) is 5.17. The Bertz CT molecular complexity index is 110. The van der Waals surface area contributed by atoms with Gasteiger partial charge in [-0.15, -0.1) is 0 Å². The molecule has 3 nitrogen and oxygen atoms in total. The number of hydrogen-bond acceptors (Lipinski definition) is 3. The minimum absolute atomic E-state index is 0.240. The highest BCUT2D eigenvalue weighted by molar-refractivity contribution is 4.76. The summed E-state index contributed by atoms with van der Waals surface area (Å²) in [6, 6.07) is 0. The highest BCUT2D eigenvalue weighted by Gasteiger charge is 2.19. The lowest BCUT2D eigenvalue weighted by Crippen LogP contribution is -2.43. The fourth-order valence-electron chi connectivity index (χ4n) is 1.35. The summed E-state index contributed by atoms with van der Waals surface area (Å²) in [5, 5.41) is 0. The number of hydrogen-bond donors (Lipinski definition) is 2. The van der Waals surface area contributed by atoms with Gasteiger partial charge in [0.15, 0.2) is 0 Å². The summed E-state index contributed by atoms with van der Waals surface area (Å²) in [6.45, 7) is 10.4. The molecule has 0 aromatic carbocycles. The van der Waals surface area contributed by atoms with Crippen LogP contribution in [-0.2, 0) is 0 Å². The van der Waals surface area contributed by atoms with Crippen LogP contribution in [0.25, 0.3) is 0 Å². The van der Waals surface area contributed by atoms with E-state index in [2.05, 4.69) is 25.7 Å². The van der Waals surface area contributed by atoms with Crippen LogP contribution < -0.4 is 11.5 Å². The first kappa shape index (κ1) is 12.9. The minimum Gasteiger partial charge on any atom is -0.330 e. The first-order valence-electron chi connectivity index (χ1n) is 5.17. The third-order valence-corrected chi connectivity index (χ3v) is 2.21. The quantitative estimate of drug-likeness (QED) is 0.646. The standard InChI is InChI=1S/C10H25N3/c1-10(2,3)13(8-4-6-11)9-5-7-12/h4-9,11-12H2,1-3H3. The van der Waals surface area contributed by atoms with Gasteiger partial charge >= 0.3 is 0 Å². The first-order chi connectivity index (χ1) is 6.02. The predicted molar refractivity (Wildman–Crippen MR) is 58.7 cm³/mol. The van der Waals surface area contributed by atoms with Gasteiger partial charge in [-0.3, -0.25) is 4.90 Å². The van der Waals surface area contributed by atoms with Crippen LogP contribution >= 0.6 is 0 Å². The van der Waals surface area contributed by atoms with E-state index in [1.54, 1.807) is 0 Å². The maximum Gasteiger partial charge on any atom is 0.0125 e. The van der Waals surface area contributed by atoms with E-state index in [0.29, 0.717) is 0 Å². The van der Waals surface area contributed by atoms with E-state index in [4.69, 9.17) is 11.5 Å². The second-order valence-corrected chi connectivity index (χ2v) is 4.44. The Kier molecular flexibility index (Phi) is 6.29. The molecule has 0 atom stereocenters. The minimum atomic E-state index is 0.240. The van der Waals surface area contributed by atoms with E-state index in [-0.39, 0.29) is 5.54 Å². The fourth-order valence-corrected chi connectivity index (χ4v) is 1.35. The molecular formula is C10H25N3. The Morgan fingerprint density at radius 1 is 0.923 bits per heavy atom. The number of nitrogens with zero attached hydrogens (tertiary/aromatic N) is 1. The number of rotatable bonds is 6. The van der Waals surface area contributed by atoms with Gasteiger partial charge in [0.1, 0.15) is 0 Å². The Morgan fingerprint density at radius 2 is 1.31 bits per heavy atom. The average molecular weight is 187 g/mol. The Balaban J connectivity index is 3.88. The largest absolute Gasteiger partial charge is 0.330 e. The van der Waals surface area contributed by atoms with E-state index in [0.717, 1.165) is 39.0 Å². The highest BCUT2D eigenvalue weighted by atomic mass is 15.2. The fraction of sp³-hybridized carbons (Fsp3) is 1.00. The molecule has 80 valence electrons. The lowest BCUT2D eigenvalue weighted by atomic mass is 10.1. The van der Waals surface area contributed by atoms with Crippen molar-refractivity contribution in [3.05, 3.63) is 0 Å². The topological polar surface area (TPSA) is 55.3 Å². The Morgan fingerprint density at radius 3 is 1.54 bits per heavy atom. The van der Waals surface area contributed by atoms with E-state index in [1.807, 2.05) is 0 Å². The molecule has 13 heavy (non-hydrogen) atoms. The van der Waals surface area contributed by atoms with Crippen LogP contribution in [0.4, 0.5) is 0 Å². The normalized spacial score (nSPS) is 12.5. The molecule has 0 spiro atoms. The molecule has 0 aromatic heterocycles. The molecule has 0 saturated heterocycles. The summed E-state index contributed by atoms with van der Waals surface area (Å²) < 4.78 is 0. The van der Waals surface area contributed by atoms with Crippen molar-refractivity contribution in [3.8, 4) is 0 Å². The highest BCUT2D eigenvalue weighted by Crippen LogP contribution is 2.13. The molecule has 0 amide bonds. The summed E-state index contributed by atoms with van der Waals surface area (Å²) in [5.41, 5.74) is 11.2. The van der Waals surface area contributed by atoms with E-state index >= 15 is 0 Å². The zero-order valence-corrected chi connectivity index (χ0v) is 9.34. The summed E-state index contributed by atoms with van der Waals surface area (Å²) >= 11 is 0. The summed E-state index contributed by atoms with van der Waals surface area (Å²) in [7, 11) is 0. The van der Waals surface area contributed by atoms with Crippen molar-refractivity contribution in [2.45, 2.75) is 39.2 Å². The molecule has 0 radical (unpaired) electrons. The molecule has 3 heteroatoms. The summed E-state index contributed by atoms with van der Waals surface area (Å²) in [5.74, 6) is 0. The Hall–Kier alpha value is -0.120. The average Bonchev–Trinajstić information content (AvgIpc) is 2.02. The van der Waals surface area contributed by atoms with Crippen LogP contribution in [-0.4, -0.2) is 36.6 Å². The molecule has 0 aliphatic rings. The van der Waals surface area contributed by atoms with Crippen molar-refractivity contribution >= 4 is 0 Å². The van der Waals surface area contributed by atoms with Gasteiger partial charge in [-0.25, -0.2) is 0 Å². The van der Waals surface area contributed by atoms with Gasteiger partial charge in [0.25, 0.3) is 0 Å². The molecule has 0 aromatic rings. The van der Waals surface area contributed by atoms with Crippen LogP contribution in [0.3, 0.4) is 0 Å². The third kappa shape index (κ3) is 6.02. The van der Waals surface area contributed by atoms with Gasteiger partial charge in [-0.2, -0.15) is 0 Å². The maximum absolute atomic E-state index is 5.50. The van der Waals surface area contributed by atoms with Crippen LogP contribution in [0.5, 0.6) is 0 Å². The van der Waals surface area contributed by atoms with Gasteiger partial charge in [0, 0.05) is 5.54 Å². The molecule has 0 aliphatic heterocycles. The predicted octanol–water partition coefficient (Wildman–Crippen LogP) is 0.785. The molecule has 0 bridgehead atoms. The van der Waals surface area contributed by atoms with Gasteiger partial charge in [0.2, 0.25) is 0 Å². The lowest BCUT2D eigenvalue weighted by Gasteiger charge is -2.35. The molecular weight excluding hydrogens is 162 g/mol. The summed E-state index contributed by atoms with van der Waals surface area (Å²) in [4.78, 5) is 2.45. The van der Waals surface area contributed by atoms with Gasteiger partial charge < -0.3 is 11.5 Å². The van der Waals surface area contributed by atoms with Crippen molar-refractivity contribution in [2.75, 3.05) is 26.2 Å². The second-order valence-electron chi connectivity index (χ2n) is 4.44. The molecule has 4 N–H and O–H groups in total. The van der Waals surface area contributed by atoms with Crippen LogP contribution in [0.2, 0.25) is 0 Å². The van der Waals surface area contributed by atoms with E-state index in [9.17, 15) is 0 Å². The molecule has 0 saturated carbocycles. The van der Waals surface area contributed by atoms with Crippen molar-refractivity contribution in [3.63, 3.8) is 0 Å². The van der Waals surface area contributed by atoms with E-state index in [1.165, 1.54) is 0 Å². The SMILES string of the molecule is CC(C)(C)N(CCCN)CCCN. The van der Waals surface area contributed by atoms with Crippen molar-refractivity contribution in [2.24, 2.45) is 11.5 Å². The van der Waals surface area contributed by atoms with Crippen molar-refractivity contribution in [1.82, 2.24) is 4.90 Å². The molecule has 0 heterocycles. The van der Waals surface area contributed by atoms with Crippen LogP contribution in [0.1, 0.15) is 33.6 Å². The van der Waals surface area contributed by atoms with Crippen LogP contribution in [0, 0.1) is 0 Å². The van der Waals surface area contributed by atoms with Gasteiger partial charge in [-0.05, 0) is 59.8 Å². The smallest absolute Gasteiger partial charge is 0.0125 e. The van der Waals surface area contributed by atoms with Crippen molar-refractivity contribution in [1.29, 1.82) is 0 Å². The van der Waals surface area contributed by atoms with Crippen molar-refractivity contribution < 1.29 is 0 Å². The summed E-state index contributed by atoms with van der Waals surface area (Å²) in [6.07, 6.45) is 2.14. The van der Waals surface area contributed by atoms with Gasteiger partial charge in [0.05, 0.1) is 0 Å². The molecule has 0 rings (SSSR count). The molecule has 0 aliphatic carbocycles. The molecule has 0 unspecified atom stereocenters. The second kappa shape index (κ2) is 6.35. The number of nitrogens with two attached hydrogens (primary N) is 2.